The number of carbonyl (C=O) groups excluding carboxylic acids is 1. The first kappa shape index (κ1) is 11.6. The Morgan fingerprint density at radius 1 is 1.62 bits per heavy atom. The summed E-state index contributed by atoms with van der Waals surface area (Å²) in [7, 11) is 1.45. The average Bonchev–Trinajstić information content (AvgIpc) is 2.98. The van der Waals surface area contributed by atoms with Gasteiger partial charge in [0.05, 0.1) is 7.11 Å². The molecule has 0 spiro atoms. The fourth-order valence-corrected chi connectivity index (χ4v) is 2.59. The van der Waals surface area contributed by atoms with Crippen LogP contribution < -0.4 is 5.32 Å². The molecule has 1 aliphatic rings. The monoisotopic (exact) mass is 239 g/mol. The van der Waals surface area contributed by atoms with Gasteiger partial charge in [-0.05, 0) is 37.1 Å². The molecule has 1 fully saturated rings. The van der Waals surface area contributed by atoms with Gasteiger partial charge in [-0.25, -0.2) is 0 Å². The van der Waals surface area contributed by atoms with Crippen molar-refractivity contribution in [3.05, 3.63) is 22.4 Å². The molecular weight excluding hydrogens is 222 g/mol. The van der Waals surface area contributed by atoms with E-state index in [4.69, 9.17) is 4.74 Å². The highest BCUT2D eigenvalue weighted by Crippen LogP contribution is 2.34. The lowest BCUT2D eigenvalue weighted by Gasteiger charge is -2.20. The van der Waals surface area contributed by atoms with E-state index >= 15 is 0 Å². The lowest BCUT2D eigenvalue weighted by Crippen LogP contribution is -2.40. The van der Waals surface area contributed by atoms with Crippen molar-refractivity contribution in [3.63, 3.8) is 0 Å². The lowest BCUT2D eigenvalue weighted by atomic mass is 10.1. The number of esters is 1. The molecule has 1 saturated carbocycles. The quantitative estimate of drug-likeness (QED) is 0.802. The van der Waals surface area contributed by atoms with Gasteiger partial charge in [0.25, 0.3) is 0 Å². The van der Waals surface area contributed by atoms with Crippen LogP contribution in [0, 0.1) is 5.92 Å². The zero-order valence-electron chi connectivity index (χ0n) is 9.60. The molecule has 1 heterocycles. The SMILES string of the molecule is COC(=O)C(N[C@@H](C)c1cccs1)C1CC1. The molecule has 2 atom stereocenters. The number of nitrogens with one attached hydrogen (secondary N) is 1. The number of hydrogen-bond donors (Lipinski definition) is 1. The standard InChI is InChI=1S/C12H17NO2S/c1-8(10-4-3-7-16-10)13-11(9-5-6-9)12(14)15-2/h3-4,7-9,11,13H,5-6H2,1-2H3/t8-,11?/m0/s1. The van der Waals surface area contributed by atoms with Crippen LogP contribution in [0.1, 0.15) is 30.7 Å². The summed E-state index contributed by atoms with van der Waals surface area (Å²) in [5, 5.41) is 5.42. The Morgan fingerprint density at radius 2 is 2.38 bits per heavy atom. The molecule has 1 aromatic rings. The van der Waals surface area contributed by atoms with Crippen molar-refractivity contribution in [2.24, 2.45) is 5.92 Å². The zero-order chi connectivity index (χ0) is 11.5. The van der Waals surface area contributed by atoms with E-state index in [1.54, 1.807) is 11.3 Å². The fraction of sp³-hybridized carbons (Fsp3) is 0.583. The van der Waals surface area contributed by atoms with Gasteiger partial charge in [-0.2, -0.15) is 0 Å². The van der Waals surface area contributed by atoms with Crippen molar-refractivity contribution in [2.75, 3.05) is 7.11 Å². The number of carbonyl (C=O) groups is 1. The second-order valence-electron chi connectivity index (χ2n) is 4.24. The maximum absolute atomic E-state index is 11.6. The number of ether oxygens (including phenoxy) is 1. The van der Waals surface area contributed by atoms with Crippen molar-refractivity contribution >= 4 is 17.3 Å². The molecule has 1 aliphatic carbocycles. The van der Waals surface area contributed by atoms with Crippen molar-refractivity contribution < 1.29 is 9.53 Å². The van der Waals surface area contributed by atoms with E-state index < -0.39 is 0 Å². The van der Waals surface area contributed by atoms with Gasteiger partial charge in [0.1, 0.15) is 6.04 Å². The van der Waals surface area contributed by atoms with Crippen LogP contribution in [0.15, 0.2) is 17.5 Å². The minimum Gasteiger partial charge on any atom is -0.468 e. The summed E-state index contributed by atoms with van der Waals surface area (Å²) in [6.45, 7) is 2.09. The molecule has 3 nitrogen and oxygen atoms in total. The molecule has 88 valence electrons. The Morgan fingerprint density at radius 3 is 2.88 bits per heavy atom. The molecular formula is C12H17NO2S. The highest BCUT2D eigenvalue weighted by Gasteiger charge is 2.37. The molecule has 2 rings (SSSR count). The Balaban J connectivity index is 1.97. The van der Waals surface area contributed by atoms with Gasteiger partial charge in [-0.15, -0.1) is 11.3 Å². The Bertz CT molecular complexity index is 346. The van der Waals surface area contributed by atoms with Crippen LogP contribution in [-0.2, 0) is 9.53 Å². The van der Waals surface area contributed by atoms with Gasteiger partial charge in [-0.3, -0.25) is 10.1 Å². The molecule has 4 heteroatoms. The molecule has 1 aromatic heterocycles. The van der Waals surface area contributed by atoms with Gasteiger partial charge < -0.3 is 4.74 Å². The van der Waals surface area contributed by atoms with E-state index in [0.717, 1.165) is 12.8 Å². The van der Waals surface area contributed by atoms with Gasteiger partial charge in [0.2, 0.25) is 0 Å². The maximum Gasteiger partial charge on any atom is 0.323 e. The Hall–Kier alpha value is -0.870. The van der Waals surface area contributed by atoms with Crippen molar-refractivity contribution in [1.29, 1.82) is 0 Å². The normalized spacial score (nSPS) is 19.1. The molecule has 1 N–H and O–H groups in total. The first-order valence-electron chi connectivity index (χ1n) is 5.59. The predicted octanol–water partition coefficient (Wildman–Crippen LogP) is 2.35. The van der Waals surface area contributed by atoms with E-state index in [0.29, 0.717) is 5.92 Å². The molecule has 0 aliphatic heterocycles. The molecule has 0 saturated heterocycles. The van der Waals surface area contributed by atoms with E-state index in [2.05, 4.69) is 23.7 Å². The minimum atomic E-state index is -0.137. The molecule has 0 bridgehead atoms. The lowest BCUT2D eigenvalue weighted by molar-refractivity contribution is -0.143. The zero-order valence-corrected chi connectivity index (χ0v) is 10.4. The summed E-state index contributed by atoms with van der Waals surface area (Å²) in [6, 6.07) is 4.19. The number of thiophene rings is 1. The Labute approximate surface area is 99.8 Å². The summed E-state index contributed by atoms with van der Waals surface area (Å²) in [5.41, 5.74) is 0. The van der Waals surface area contributed by atoms with E-state index in [-0.39, 0.29) is 18.1 Å². The molecule has 0 radical (unpaired) electrons. The minimum absolute atomic E-state index is 0.133. The van der Waals surface area contributed by atoms with E-state index in [1.807, 2.05) is 6.07 Å². The first-order valence-corrected chi connectivity index (χ1v) is 6.47. The summed E-state index contributed by atoms with van der Waals surface area (Å²) >= 11 is 1.71. The van der Waals surface area contributed by atoms with Crippen molar-refractivity contribution in [2.45, 2.75) is 31.8 Å². The largest absolute Gasteiger partial charge is 0.468 e. The summed E-state index contributed by atoms with van der Waals surface area (Å²) in [6.07, 6.45) is 2.26. The first-order chi connectivity index (χ1) is 7.72. The van der Waals surface area contributed by atoms with Gasteiger partial charge in [0.15, 0.2) is 0 Å². The predicted molar refractivity (Wildman–Crippen MR) is 64.4 cm³/mol. The number of methoxy groups -OCH3 is 1. The third-order valence-electron chi connectivity index (χ3n) is 2.95. The van der Waals surface area contributed by atoms with Crippen LogP contribution in [0.5, 0.6) is 0 Å². The van der Waals surface area contributed by atoms with Crippen LogP contribution in [0.2, 0.25) is 0 Å². The highest BCUT2D eigenvalue weighted by molar-refractivity contribution is 7.10. The van der Waals surface area contributed by atoms with Gasteiger partial charge >= 0.3 is 5.97 Å². The second kappa shape index (κ2) is 4.97. The third-order valence-corrected chi connectivity index (χ3v) is 4.00. The van der Waals surface area contributed by atoms with E-state index in [9.17, 15) is 4.79 Å². The average molecular weight is 239 g/mol. The highest BCUT2D eigenvalue weighted by atomic mass is 32.1. The van der Waals surface area contributed by atoms with E-state index in [1.165, 1.54) is 12.0 Å². The fourth-order valence-electron chi connectivity index (χ4n) is 1.84. The smallest absolute Gasteiger partial charge is 0.323 e. The summed E-state index contributed by atoms with van der Waals surface area (Å²) < 4.78 is 4.83. The Kier molecular flexibility index (Phi) is 3.61. The summed E-state index contributed by atoms with van der Waals surface area (Å²) in [4.78, 5) is 12.9. The van der Waals surface area contributed by atoms with Crippen LogP contribution in [0.3, 0.4) is 0 Å². The molecule has 1 unspecified atom stereocenters. The van der Waals surface area contributed by atoms with Crippen LogP contribution in [0.4, 0.5) is 0 Å². The van der Waals surface area contributed by atoms with Crippen molar-refractivity contribution in [1.82, 2.24) is 5.32 Å². The summed E-state index contributed by atoms with van der Waals surface area (Å²) in [5.74, 6) is 0.334. The number of rotatable bonds is 5. The maximum atomic E-state index is 11.6. The molecule has 0 amide bonds. The van der Waals surface area contributed by atoms with Crippen LogP contribution in [0.25, 0.3) is 0 Å². The van der Waals surface area contributed by atoms with Crippen LogP contribution in [-0.4, -0.2) is 19.1 Å². The van der Waals surface area contributed by atoms with Gasteiger partial charge in [0, 0.05) is 10.9 Å². The molecule has 0 aromatic carbocycles. The van der Waals surface area contributed by atoms with Crippen LogP contribution >= 0.6 is 11.3 Å². The molecule has 16 heavy (non-hydrogen) atoms. The second-order valence-corrected chi connectivity index (χ2v) is 5.22. The van der Waals surface area contributed by atoms with Crippen molar-refractivity contribution in [3.8, 4) is 0 Å². The third kappa shape index (κ3) is 2.62. The number of hydrogen-bond acceptors (Lipinski definition) is 4. The van der Waals surface area contributed by atoms with Gasteiger partial charge in [-0.1, -0.05) is 6.07 Å². The topological polar surface area (TPSA) is 38.3 Å².